The van der Waals surface area contributed by atoms with Crippen LogP contribution >= 0.6 is 0 Å². The van der Waals surface area contributed by atoms with Crippen molar-refractivity contribution < 1.29 is 58.3 Å². The Hall–Kier alpha value is -0.404. The number of hydrogen-bond donors (Lipinski definition) is 0. The van der Waals surface area contributed by atoms with Crippen LogP contribution in [-0.2, 0) is 80.9 Å². The third-order valence-corrected chi connectivity index (χ3v) is 1.67. The zero-order chi connectivity index (χ0) is 21.8. The van der Waals surface area contributed by atoms with E-state index < -0.39 is 53.1 Å². The summed E-state index contributed by atoms with van der Waals surface area (Å²) in [5.74, 6) is -4.07. The Balaban J connectivity index is -0.0000000960. The minimum Gasteiger partial charge on any atom is -0.740 e. The Morgan fingerprint density at radius 2 is 0.655 bits per heavy atom. The average molecular weight is 688 g/mol. The molecule has 0 saturated carbocycles. The number of carbonyl (C=O) groups is 6. The van der Waals surface area contributed by atoms with Gasteiger partial charge in [0.05, 0.1) is 57.5 Å². The molecule has 0 unspecified atom stereocenters. The second-order valence-corrected chi connectivity index (χ2v) is 5.08. The smallest absolute Gasteiger partial charge is 0.740 e. The van der Waals surface area contributed by atoms with Gasteiger partial charge in [0.15, 0.2) is 0 Å². The third kappa shape index (κ3) is 58.4. The molecule has 0 N–H and O–H groups in total. The number of carboxylic acid groups (broad SMARTS) is 3. The number of carbonyl (C=O) groups excluding carboxylic acids is 6. The van der Waals surface area contributed by atoms with Gasteiger partial charge in [-0.25, -0.2) is 0 Å². The molecule has 0 aromatic heterocycles. The Kier molecular flexibility index (Phi) is 37.2. The van der Waals surface area contributed by atoms with Crippen molar-refractivity contribution in [3.05, 3.63) is 0 Å². The molecule has 0 aliphatic heterocycles. The van der Waals surface area contributed by atoms with E-state index in [0.29, 0.717) is 0 Å². The Labute approximate surface area is 216 Å². The Morgan fingerprint density at radius 1 is 0.483 bits per heavy atom. The SMILES string of the molecule is O=C([O-])COCC(=O)[S-].O=C([O-])COCC(=O)[S-].O=C([O-])COCC(=O)[S-].[Sb+3].[Sb+3]. The number of ether oxygens (including phenoxy) is 3. The normalized spacial score (nSPS) is 8.28. The van der Waals surface area contributed by atoms with Crippen molar-refractivity contribution in [2.45, 2.75) is 0 Å². The van der Waals surface area contributed by atoms with Crippen LogP contribution < -0.4 is 15.3 Å². The monoisotopic (exact) mass is 686 g/mol. The minimum atomic E-state index is -1.36. The summed E-state index contributed by atoms with van der Waals surface area (Å²) in [6, 6.07) is 0. The average Bonchev–Trinajstić information content (AvgIpc) is 2.46. The van der Waals surface area contributed by atoms with Crippen molar-refractivity contribution in [1.29, 1.82) is 0 Å². The topological polar surface area (TPSA) is 199 Å². The fourth-order valence-electron chi connectivity index (χ4n) is 0.653. The van der Waals surface area contributed by atoms with Crippen LogP contribution in [0.1, 0.15) is 0 Å². The van der Waals surface area contributed by atoms with Crippen LogP contribution in [0.2, 0.25) is 0 Å². The van der Waals surface area contributed by atoms with E-state index in [9.17, 15) is 44.1 Å². The van der Waals surface area contributed by atoms with Gasteiger partial charge in [0, 0.05) is 15.3 Å². The molecule has 12 nitrogen and oxygen atoms in total. The molecule has 0 aliphatic rings. The largest absolute Gasteiger partial charge is 3.00 e. The summed E-state index contributed by atoms with van der Waals surface area (Å²) in [6.07, 6.45) is 0. The molecule has 0 bridgehead atoms. The molecule has 0 aromatic rings. The van der Waals surface area contributed by atoms with E-state index in [0.717, 1.165) is 0 Å². The van der Waals surface area contributed by atoms with Crippen LogP contribution in [0.25, 0.3) is 0 Å². The molecular weight excluding hydrogens is 676 g/mol. The van der Waals surface area contributed by atoms with Crippen LogP contribution in [0.4, 0.5) is 0 Å². The van der Waals surface area contributed by atoms with Crippen molar-refractivity contribution in [3.63, 3.8) is 0 Å². The van der Waals surface area contributed by atoms with Crippen molar-refractivity contribution >= 4 is 120 Å². The predicted octanol–water partition coefficient (Wildman–Crippen LogP) is -7.28. The maximum atomic E-state index is 9.90. The summed E-state index contributed by atoms with van der Waals surface area (Å²) in [4.78, 5) is 58.5. The Morgan fingerprint density at radius 3 is 0.759 bits per heavy atom. The van der Waals surface area contributed by atoms with E-state index in [4.69, 9.17) is 0 Å². The van der Waals surface area contributed by atoms with Crippen LogP contribution in [0.15, 0.2) is 0 Å². The van der Waals surface area contributed by atoms with Gasteiger partial charge in [0.25, 0.3) is 0 Å². The number of aliphatic carboxylic acids is 3. The van der Waals surface area contributed by atoms with Gasteiger partial charge < -0.3 is 96.2 Å². The summed E-state index contributed by atoms with van der Waals surface area (Å²) in [5, 5.41) is 27.0. The summed E-state index contributed by atoms with van der Waals surface area (Å²) in [5.41, 5.74) is 0. The molecule has 0 fully saturated rings. The maximum Gasteiger partial charge on any atom is 3.00 e. The number of rotatable bonds is 12. The van der Waals surface area contributed by atoms with Gasteiger partial charge in [0.1, 0.15) is 0 Å². The minimum absolute atomic E-state index is 0. The van der Waals surface area contributed by atoms with E-state index in [1.807, 2.05) is 0 Å². The molecule has 0 rings (SSSR count). The molecule has 0 atom stereocenters. The van der Waals surface area contributed by atoms with Crippen molar-refractivity contribution in [2.75, 3.05) is 39.6 Å². The molecule has 0 heterocycles. The molecule has 0 spiro atoms. The standard InChI is InChI=1S/3C4H6O4S.2Sb/c3*5-3(6)1-8-2-4(7)9;;/h3*1-2H2,(H,5,6)(H,7,9);;/q;;;2*+3/p-6. The van der Waals surface area contributed by atoms with Gasteiger partial charge in [-0.1, -0.05) is 0 Å². The van der Waals surface area contributed by atoms with E-state index in [1.165, 1.54) is 0 Å². The van der Waals surface area contributed by atoms with Crippen LogP contribution in [0.3, 0.4) is 0 Å². The quantitative estimate of drug-likeness (QED) is 0.138. The number of hydrogen-bond acceptors (Lipinski definition) is 15. The second kappa shape index (κ2) is 27.6. The van der Waals surface area contributed by atoms with Gasteiger partial charge in [-0.15, -0.1) is 0 Å². The summed E-state index contributed by atoms with van der Waals surface area (Å²) < 4.78 is 12.7. The van der Waals surface area contributed by atoms with Crippen LogP contribution in [0.5, 0.6) is 0 Å². The molecule has 160 valence electrons. The van der Waals surface area contributed by atoms with Gasteiger partial charge in [0.2, 0.25) is 0 Å². The summed E-state index contributed by atoms with van der Waals surface area (Å²) in [7, 11) is 0. The van der Waals surface area contributed by atoms with Crippen molar-refractivity contribution in [3.8, 4) is 0 Å². The van der Waals surface area contributed by atoms with E-state index >= 15 is 0 Å². The predicted molar refractivity (Wildman–Crippen MR) is 96.1 cm³/mol. The fraction of sp³-hybridized carbons (Fsp3) is 0.500. The summed E-state index contributed by atoms with van der Waals surface area (Å²) >= 11 is 12.2. The summed E-state index contributed by atoms with van der Waals surface area (Å²) in [6.45, 7) is -2.77. The van der Waals surface area contributed by atoms with Crippen molar-refractivity contribution in [1.82, 2.24) is 0 Å². The molecule has 0 saturated heterocycles. The molecule has 17 heteroatoms. The second-order valence-electron chi connectivity index (χ2n) is 3.71. The molecule has 0 aliphatic carbocycles. The first kappa shape index (κ1) is 39.1. The van der Waals surface area contributed by atoms with Crippen LogP contribution in [-0.4, -0.2) is 122 Å². The molecule has 0 amide bonds. The first-order valence-corrected chi connectivity index (χ1v) is 7.53. The molecule has 29 heavy (non-hydrogen) atoms. The Bertz CT molecular complexity index is 405. The van der Waals surface area contributed by atoms with E-state index in [1.54, 1.807) is 0 Å². The molecule has 4 radical (unpaired) electrons. The zero-order valence-electron chi connectivity index (χ0n) is 14.3. The fourth-order valence-corrected chi connectivity index (χ4v) is 0.903. The van der Waals surface area contributed by atoms with Crippen LogP contribution in [0, 0.1) is 0 Å². The first-order chi connectivity index (χ1) is 12.4. The molecular formula is C12H12O12S3Sb2. The third-order valence-electron chi connectivity index (χ3n) is 1.32. The van der Waals surface area contributed by atoms with Gasteiger partial charge in [-0.3, -0.25) is 0 Å². The van der Waals surface area contributed by atoms with E-state index in [2.05, 4.69) is 52.1 Å². The van der Waals surface area contributed by atoms with E-state index in [-0.39, 0.29) is 68.7 Å². The van der Waals surface area contributed by atoms with Gasteiger partial charge in [-0.05, 0) is 0 Å². The van der Waals surface area contributed by atoms with Gasteiger partial charge >= 0.3 is 48.9 Å². The zero-order valence-corrected chi connectivity index (χ0v) is 21.8. The molecule has 0 aromatic carbocycles. The first-order valence-electron chi connectivity index (χ1n) is 6.30. The number of carboxylic acids is 3. The van der Waals surface area contributed by atoms with Gasteiger partial charge in [-0.2, -0.15) is 0 Å². The maximum absolute atomic E-state index is 9.90. The van der Waals surface area contributed by atoms with Crippen molar-refractivity contribution in [2.24, 2.45) is 0 Å².